The van der Waals surface area contributed by atoms with Crippen LogP contribution in [0.3, 0.4) is 0 Å². The Morgan fingerprint density at radius 1 is 1.14 bits per heavy atom. The summed E-state index contributed by atoms with van der Waals surface area (Å²) >= 11 is 3.97. The number of aliphatic carboxylic acids is 1. The topological polar surface area (TPSA) is 66.4 Å². The lowest BCUT2D eigenvalue weighted by molar-refractivity contribution is -0.138. The quantitative estimate of drug-likeness (QED) is 0.743. The molecule has 114 valence electrons. The molecule has 0 aliphatic rings. The molecular weight excluding hydrogens is 298 g/mol. The molecule has 1 atom stereocenters. The van der Waals surface area contributed by atoms with Gasteiger partial charge in [0.15, 0.2) is 0 Å². The predicted octanol–water partition coefficient (Wildman–Crippen LogP) is 2.77. The van der Waals surface area contributed by atoms with Crippen LogP contribution >= 0.6 is 12.6 Å². The summed E-state index contributed by atoms with van der Waals surface area (Å²) in [7, 11) is 0. The molecular formula is C17H17NO3S. The van der Waals surface area contributed by atoms with E-state index in [9.17, 15) is 9.59 Å². The summed E-state index contributed by atoms with van der Waals surface area (Å²) < 4.78 is 0. The third-order valence-corrected chi connectivity index (χ3v) is 3.74. The Bertz CT molecular complexity index is 686. The number of aryl methyl sites for hydroxylation is 1. The maximum absolute atomic E-state index is 12.5. The molecule has 0 spiro atoms. The van der Waals surface area contributed by atoms with Gasteiger partial charge in [-0.3, -0.25) is 4.79 Å². The first-order valence-electron chi connectivity index (χ1n) is 6.84. The molecule has 0 aliphatic heterocycles. The maximum atomic E-state index is 12.5. The Morgan fingerprint density at radius 3 is 2.41 bits per heavy atom. The van der Waals surface area contributed by atoms with Crippen molar-refractivity contribution in [2.75, 3.05) is 5.75 Å². The third-order valence-electron chi connectivity index (χ3n) is 3.37. The minimum atomic E-state index is -1.10. The predicted molar refractivity (Wildman–Crippen MR) is 89.4 cm³/mol. The molecule has 5 heteroatoms. The van der Waals surface area contributed by atoms with Crippen molar-refractivity contribution in [1.82, 2.24) is 5.32 Å². The van der Waals surface area contributed by atoms with E-state index in [0.29, 0.717) is 5.56 Å². The zero-order valence-corrected chi connectivity index (χ0v) is 13.0. The second kappa shape index (κ2) is 7.13. The van der Waals surface area contributed by atoms with Gasteiger partial charge in [0.25, 0.3) is 5.91 Å². The van der Waals surface area contributed by atoms with Crippen molar-refractivity contribution in [3.63, 3.8) is 0 Å². The van der Waals surface area contributed by atoms with Gasteiger partial charge in [-0.05, 0) is 23.6 Å². The van der Waals surface area contributed by atoms with Crippen LogP contribution in [0.15, 0.2) is 48.5 Å². The van der Waals surface area contributed by atoms with Gasteiger partial charge in [-0.25, -0.2) is 4.79 Å². The molecule has 0 heterocycles. The van der Waals surface area contributed by atoms with Crippen molar-refractivity contribution < 1.29 is 14.7 Å². The normalized spacial score (nSPS) is 11.7. The molecule has 0 aromatic heterocycles. The molecule has 1 amide bonds. The lowest BCUT2D eigenvalue weighted by Gasteiger charge is -2.16. The summed E-state index contributed by atoms with van der Waals surface area (Å²) in [6, 6.07) is 14.1. The average Bonchev–Trinajstić information content (AvgIpc) is 2.52. The molecule has 0 radical (unpaired) electrons. The lowest BCUT2D eigenvalue weighted by atomic mass is 9.95. The van der Waals surface area contributed by atoms with Crippen LogP contribution in [0.2, 0.25) is 0 Å². The molecule has 2 N–H and O–H groups in total. The van der Waals surface area contributed by atoms with Crippen LogP contribution < -0.4 is 5.32 Å². The van der Waals surface area contributed by atoms with Gasteiger partial charge in [-0.1, -0.05) is 48.5 Å². The van der Waals surface area contributed by atoms with E-state index < -0.39 is 17.9 Å². The smallest absolute Gasteiger partial charge is 0.327 e. The van der Waals surface area contributed by atoms with Gasteiger partial charge in [0, 0.05) is 5.75 Å². The van der Waals surface area contributed by atoms with Crippen molar-refractivity contribution in [3.8, 4) is 11.1 Å². The number of benzene rings is 2. The van der Waals surface area contributed by atoms with Crippen LogP contribution in [0.1, 0.15) is 15.9 Å². The molecule has 22 heavy (non-hydrogen) atoms. The Labute approximate surface area is 134 Å². The van der Waals surface area contributed by atoms with E-state index in [2.05, 4.69) is 17.9 Å². The second-order valence-electron chi connectivity index (χ2n) is 4.91. The second-order valence-corrected chi connectivity index (χ2v) is 5.28. The van der Waals surface area contributed by atoms with Gasteiger partial charge < -0.3 is 10.4 Å². The summed E-state index contributed by atoms with van der Waals surface area (Å²) in [5.41, 5.74) is 2.97. The first-order valence-corrected chi connectivity index (χ1v) is 7.47. The Kier molecular flexibility index (Phi) is 5.22. The summed E-state index contributed by atoms with van der Waals surface area (Å²) in [4.78, 5) is 23.6. The largest absolute Gasteiger partial charge is 0.480 e. The molecule has 0 unspecified atom stereocenters. The van der Waals surface area contributed by atoms with E-state index in [0.717, 1.165) is 16.7 Å². The fraction of sp³-hybridized carbons (Fsp3) is 0.176. The molecule has 0 aliphatic carbocycles. The van der Waals surface area contributed by atoms with Crippen molar-refractivity contribution in [1.29, 1.82) is 0 Å². The minimum Gasteiger partial charge on any atom is -0.480 e. The van der Waals surface area contributed by atoms with Crippen molar-refractivity contribution in [2.45, 2.75) is 13.0 Å². The number of rotatable bonds is 5. The molecule has 0 saturated heterocycles. The van der Waals surface area contributed by atoms with Crippen LogP contribution in [0.25, 0.3) is 11.1 Å². The monoisotopic (exact) mass is 315 g/mol. The van der Waals surface area contributed by atoms with E-state index in [1.807, 2.05) is 55.5 Å². The number of carbonyl (C=O) groups is 2. The van der Waals surface area contributed by atoms with Crippen molar-refractivity contribution in [2.24, 2.45) is 0 Å². The van der Waals surface area contributed by atoms with Crippen LogP contribution in [-0.2, 0) is 4.79 Å². The van der Waals surface area contributed by atoms with Gasteiger partial charge in [0.1, 0.15) is 6.04 Å². The van der Waals surface area contributed by atoms with E-state index in [1.165, 1.54) is 0 Å². The van der Waals surface area contributed by atoms with Crippen LogP contribution in [0, 0.1) is 6.92 Å². The van der Waals surface area contributed by atoms with Gasteiger partial charge >= 0.3 is 5.97 Å². The number of hydrogen-bond donors (Lipinski definition) is 3. The number of carboxylic acid groups (broad SMARTS) is 1. The molecule has 0 saturated carbocycles. The van der Waals surface area contributed by atoms with Crippen molar-refractivity contribution in [3.05, 3.63) is 59.7 Å². The first kappa shape index (κ1) is 16.1. The standard InChI is InChI=1S/C17H17NO3S/c1-11-6-5-9-13(12-7-3-2-4-8-12)15(11)16(19)18-14(10-22)17(20)21/h2-9,14,22H,10H2,1H3,(H,18,19)(H,20,21)/t14-/m0/s1. The van der Waals surface area contributed by atoms with E-state index in [1.54, 1.807) is 0 Å². The number of nitrogens with one attached hydrogen (secondary N) is 1. The number of thiol groups is 1. The molecule has 4 nitrogen and oxygen atoms in total. The lowest BCUT2D eigenvalue weighted by Crippen LogP contribution is -2.42. The zero-order chi connectivity index (χ0) is 16.1. The molecule has 0 fully saturated rings. The number of carbonyl (C=O) groups excluding carboxylic acids is 1. The SMILES string of the molecule is Cc1cccc(-c2ccccc2)c1C(=O)N[C@@H](CS)C(=O)O. The Balaban J connectivity index is 2.42. The summed E-state index contributed by atoms with van der Waals surface area (Å²) in [6.45, 7) is 1.83. The van der Waals surface area contributed by atoms with Crippen LogP contribution in [0.4, 0.5) is 0 Å². The fourth-order valence-corrected chi connectivity index (χ4v) is 2.49. The highest BCUT2D eigenvalue weighted by atomic mass is 32.1. The zero-order valence-electron chi connectivity index (χ0n) is 12.1. The highest BCUT2D eigenvalue weighted by molar-refractivity contribution is 7.80. The third kappa shape index (κ3) is 3.49. The molecule has 2 aromatic rings. The first-order chi connectivity index (χ1) is 10.5. The van der Waals surface area contributed by atoms with Gasteiger partial charge in [0.05, 0.1) is 5.56 Å². The fourth-order valence-electron chi connectivity index (χ4n) is 2.24. The van der Waals surface area contributed by atoms with E-state index in [4.69, 9.17) is 5.11 Å². The summed E-state index contributed by atoms with van der Waals surface area (Å²) in [6.07, 6.45) is 0. The molecule has 2 aromatic carbocycles. The number of carboxylic acids is 1. The van der Waals surface area contributed by atoms with Crippen molar-refractivity contribution >= 4 is 24.5 Å². The average molecular weight is 315 g/mol. The Hall–Kier alpha value is -2.27. The van der Waals surface area contributed by atoms with Crippen LogP contribution in [0.5, 0.6) is 0 Å². The number of hydrogen-bond acceptors (Lipinski definition) is 3. The minimum absolute atomic E-state index is 0.0353. The van der Waals surface area contributed by atoms with Gasteiger partial charge in [-0.15, -0.1) is 0 Å². The maximum Gasteiger partial charge on any atom is 0.327 e. The summed E-state index contributed by atoms with van der Waals surface area (Å²) in [5.74, 6) is -1.47. The number of amides is 1. The highest BCUT2D eigenvalue weighted by Crippen LogP contribution is 2.26. The molecule has 2 rings (SSSR count). The molecule has 0 bridgehead atoms. The van der Waals surface area contributed by atoms with Crippen LogP contribution in [-0.4, -0.2) is 28.8 Å². The Morgan fingerprint density at radius 2 is 1.82 bits per heavy atom. The highest BCUT2D eigenvalue weighted by Gasteiger charge is 2.22. The summed E-state index contributed by atoms with van der Waals surface area (Å²) in [5, 5.41) is 11.6. The van der Waals surface area contributed by atoms with E-state index >= 15 is 0 Å². The van der Waals surface area contributed by atoms with Gasteiger partial charge in [0.2, 0.25) is 0 Å². The van der Waals surface area contributed by atoms with E-state index in [-0.39, 0.29) is 5.75 Å². The van der Waals surface area contributed by atoms with Gasteiger partial charge in [-0.2, -0.15) is 12.6 Å².